The van der Waals surface area contributed by atoms with Crippen molar-refractivity contribution in [2.45, 2.75) is 25.8 Å². The summed E-state index contributed by atoms with van der Waals surface area (Å²) in [6.45, 7) is 3.45. The number of benzene rings is 2. The minimum absolute atomic E-state index is 0.0546. The maximum Gasteiger partial charge on any atom is 0.253 e. The van der Waals surface area contributed by atoms with E-state index < -0.39 is 0 Å². The van der Waals surface area contributed by atoms with Gasteiger partial charge in [0.1, 0.15) is 5.82 Å². The van der Waals surface area contributed by atoms with Gasteiger partial charge < -0.3 is 15.4 Å². The van der Waals surface area contributed by atoms with Crippen molar-refractivity contribution in [2.75, 3.05) is 38.7 Å². The molecule has 0 saturated carbocycles. The van der Waals surface area contributed by atoms with E-state index in [1.54, 1.807) is 37.4 Å². The van der Waals surface area contributed by atoms with E-state index in [1.165, 1.54) is 12.1 Å². The number of carbonyl (C=O) groups excluding carboxylic acids is 2. The summed E-state index contributed by atoms with van der Waals surface area (Å²) in [5, 5.41) is 5.81. The lowest BCUT2D eigenvalue weighted by atomic mass is 9.95. The van der Waals surface area contributed by atoms with E-state index in [9.17, 15) is 14.0 Å². The van der Waals surface area contributed by atoms with Gasteiger partial charge in [-0.3, -0.25) is 14.5 Å². The average molecular weight is 428 g/mol. The molecular formula is C24H30FN3O3. The van der Waals surface area contributed by atoms with Gasteiger partial charge in [0.05, 0.1) is 11.3 Å². The van der Waals surface area contributed by atoms with Gasteiger partial charge in [0.25, 0.3) is 5.91 Å². The maximum absolute atomic E-state index is 13.1. The topological polar surface area (TPSA) is 70.7 Å². The van der Waals surface area contributed by atoms with Crippen molar-refractivity contribution in [3.05, 3.63) is 65.5 Å². The first-order valence-corrected chi connectivity index (χ1v) is 10.7. The summed E-state index contributed by atoms with van der Waals surface area (Å²) in [6.07, 6.45) is 2.23. The first-order chi connectivity index (χ1) is 15.1. The first-order valence-electron chi connectivity index (χ1n) is 10.7. The first kappa shape index (κ1) is 22.9. The Morgan fingerprint density at radius 2 is 1.81 bits per heavy atom. The number of hydrogen-bond acceptors (Lipinski definition) is 4. The van der Waals surface area contributed by atoms with E-state index in [0.29, 0.717) is 24.4 Å². The molecular weight excluding hydrogens is 397 g/mol. The fraction of sp³-hybridized carbons (Fsp3) is 0.417. The van der Waals surface area contributed by atoms with Gasteiger partial charge in [-0.05, 0) is 62.2 Å². The summed E-state index contributed by atoms with van der Waals surface area (Å²) in [5.74, 6) is -0.590. The second kappa shape index (κ2) is 11.6. The number of anilines is 1. The average Bonchev–Trinajstić information content (AvgIpc) is 2.79. The lowest BCUT2D eigenvalue weighted by Gasteiger charge is -2.31. The number of amides is 2. The molecule has 31 heavy (non-hydrogen) atoms. The Labute approximate surface area is 182 Å². The van der Waals surface area contributed by atoms with Crippen molar-refractivity contribution in [3.63, 3.8) is 0 Å². The van der Waals surface area contributed by atoms with Crippen molar-refractivity contribution in [3.8, 4) is 0 Å². The standard InChI is InChI=1S/C24H30FN3O3/c1-31-16-4-13-26-24(30)21-5-2-3-6-22(21)27-23(29)19-11-14-28(15-12-19)17-18-7-9-20(25)10-8-18/h2-3,5-10,19H,4,11-17H2,1H3,(H,26,30)(H,27,29). The van der Waals surface area contributed by atoms with Gasteiger partial charge in [0.15, 0.2) is 0 Å². The van der Waals surface area contributed by atoms with E-state index in [-0.39, 0.29) is 23.5 Å². The smallest absolute Gasteiger partial charge is 0.253 e. The van der Waals surface area contributed by atoms with Gasteiger partial charge in [-0.15, -0.1) is 0 Å². The lowest BCUT2D eigenvalue weighted by molar-refractivity contribution is -0.121. The summed E-state index contributed by atoms with van der Waals surface area (Å²) >= 11 is 0. The highest BCUT2D eigenvalue weighted by molar-refractivity contribution is 6.04. The Morgan fingerprint density at radius 1 is 1.10 bits per heavy atom. The molecule has 0 unspecified atom stereocenters. The molecule has 7 heteroatoms. The number of ether oxygens (including phenoxy) is 1. The highest BCUT2D eigenvalue weighted by Gasteiger charge is 2.26. The van der Waals surface area contributed by atoms with Crippen LogP contribution >= 0.6 is 0 Å². The third-order valence-electron chi connectivity index (χ3n) is 5.52. The maximum atomic E-state index is 13.1. The highest BCUT2D eigenvalue weighted by Crippen LogP contribution is 2.22. The second-order valence-electron chi connectivity index (χ2n) is 7.81. The Balaban J connectivity index is 1.50. The van der Waals surface area contributed by atoms with Crippen LogP contribution < -0.4 is 10.6 Å². The van der Waals surface area contributed by atoms with E-state index in [4.69, 9.17) is 4.74 Å². The summed E-state index contributed by atoms with van der Waals surface area (Å²) < 4.78 is 18.1. The number of halogens is 1. The summed E-state index contributed by atoms with van der Waals surface area (Å²) in [4.78, 5) is 27.6. The normalized spacial score (nSPS) is 14.9. The number of nitrogens with zero attached hydrogens (tertiary/aromatic N) is 1. The predicted molar refractivity (Wildman–Crippen MR) is 118 cm³/mol. The van der Waals surface area contributed by atoms with Crippen LogP contribution in [0, 0.1) is 11.7 Å². The molecule has 1 fully saturated rings. The van der Waals surface area contributed by atoms with Gasteiger partial charge in [0.2, 0.25) is 5.91 Å². The summed E-state index contributed by atoms with van der Waals surface area (Å²) in [6, 6.07) is 13.6. The minimum Gasteiger partial charge on any atom is -0.385 e. The number of rotatable bonds is 9. The number of methoxy groups -OCH3 is 1. The van der Waals surface area contributed by atoms with Crippen molar-refractivity contribution >= 4 is 17.5 Å². The molecule has 2 aromatic rings. The molecule has 3 rings (SSSR count). The largest absolute Gasteiger partial charge is 0.385 e. The van der Waals surface area contributed by atoms with Crippen LogP contribution in [0.25, 0.3) is 0 Å². The third kappa shape index (κ3) is 6.87. The lowest BCUT2D eigenvalue weighted by Crippen LogP contribution is -2.38. The predicted octanol–water partition coefficient (Wildman–Crippen LogP) is 3.44. The van der Waals surface area contributed by atoms with E-state index in [1.807, 2.05) is 6.07 Å². The van der Waals surface area contributed by atoms with Gasteiger partial charge in [-0.2, -0.15) is 0 Å². The van der Waals surface area contributed by atoms with Crippen LogP contribution in [0.4, 0.5) is 10.1 Å². The van der Waals surface area contributed by atoms with Crippen LogP contribution in [0.5, 0.6) is 0 Å². The quantitative estimate of drug-likeness (QED) is 0.602. The van der Waals surface area contributed by atoms with Crippen LogP contribution in [0.1, 0.15) is 35.2 Å². The zero-order valence-corrected chi connectivity index (χ0v) is 17.9. The molecule has 6 nitrogen and oxygen atoms in total. The molecule has 2 N–H and O–H groups in total. The number of nitrogens with one attached hydrogen (secondary N) is 2. The molecule has 0 atom stereocenters. The zero-order valence-electron chi connectivity index (χ0n) is 17.9. The molecule has 166 valence electrons. The van der Waals surface area contributed by atoms with E-state index in [0.717, 1.165) is 44.5 Å². The Hall–Kier alpha value is -2.77. The van der Waals surface area contributed by atoms with Crippen LogP contribution in [-0.2, 0) is 16.1 Å². The van der Waals surface area contributed by atoms with Gasteiger partial charge in [-0.25, -0.2) is 4.39 Å². The van der Waals surface area contributed by atoms with Crippen molar-refractivity contribution in [1.82, 2.24) is 10.2 Å². The number of carbonyl (C=O) groups is 2. The molecule has 1 aliphatic rings. The van der Waals surface area contributed by atoms with Crippen molar-refractivity contribution in [2.24, 2.45) is 5.92 Å². The Kier molecular flexibility index (Phi) is 8.55. The van der Waals surface area contributed by atoms with Crippen molar-refractivity contribution < 1.29 is 18.7 Å². The van der Waals surface area contributed by atoms with E-state index in [2.05, 4.69) is 15.5 Å². The fourth-order valence-electron chi connectivity index (χ4n) is 3.74. The zero-order chi connectivity index (χ0) is 22.1. The molecule has 0 bridgehead atoms. The van der Waals surface area contributed by atoms with Gasteiger partial charge in [0, 0.05) is 32.7 Å². The number of para-hydroxylation sites is 1. The molecule has 0 aliphatic carbocycles. The van der Waals surface area contributed by atoms with Gasteiger partial charge in [-0.1, -0.05) is 24.3 Å². The fourth-order valence-corrected chi connectivity index (χ4v) is 3.74. The number of piperidine rings is 1. The minimum atomic E-state index is -0.233. The molecule has 0 spiro atoms. The monoisotopic (exact) mass is 427 g/mol. The van der Waals surface area contributed by atoms with Crippen molar-refractivity contribution in [1.29, 1.82) is 0 Å². The number of hydrogen-bond donors (Lipinski definition) is 2. The van der Waals surface area contributed by atoms with E-state index >= 15 is 0 Å². The molecule has 0 aromatic heterocycles. The second-order valence-corrected chi connectivity index (χ2v) is 7.81. The highest BCUT2D eigenvalue weighted by atomic mass is 19.1. The Bertz CT molecular complexity index is 865. The molecule has 2 amide bonds. The molecule has 0 radical (unpaired) electrons. The molecule has 2 aromatic carbocycles. The molecule has 1 heterocycles. The molecule has 1 saturated heterocycles. The summed E-state index contributed by atoms with van der Waals surface area (Å²) in [5.41, 5.74) is 2.06. The third-order valence-corrected chi connectivity index (χ3v) is 5.52. The molecule has 1 aliphatic heterocycles. The number of likely N-dealkylation sites (tertiary alicyclic amines) is 1. The van der Waals surface area contributed by atoms with Crippen LogP contribution in [0.3, 0.4) is 0 Å². The summed E-state index contributed by atoms with van der Waals surface area (Å²) in [7, 11) is 1.62. The van der Waals surface area contributed by atoms with Gasteiger partial charge >= 0.3 is 0 Å². The van der Waals surface area contributed by atoms with Crippen LogP contribution in [0.15, 0.2) is 48.5 Å². The van der Waals surface area contributed by atoms with Crippen LogP contribution in [-0.4, -0.2) is 50.1 Å². The Morgan fingerprint density at radius 3 is 2.52 bits per heavy atom. The SMILES string of the molecule is COCCCNC(=O)c1ccccc1NC(=O)C1CCN(Cc2ccc(F)cc2)CC1. The van der Waals surface area contributed by atoms with Crippen LogP contribution in [0.2, 0.25) is 0 Å².